The topological polar surface area (TPSA) is 108 Å². The van der Waals surface area contributed by atoms with E-state index >= 15 is 0 Å². The number of aromatic nitrogens is 3. The predicted octanol–water partition coefficient (Wildman–Crippen LogP) is 2.28. The summed E-state index contributed by atoms with van der Waals surface area (Å²) in [6, 6.07) is 3.45. The Kier molecular flexibility index (Phi) is 4.70. The molecule has 0 saturated carbocycles. The van der Waals surface area contributed by atoms with Gasteiger partial charge >= 0.3 is 6.01 Å². The first-order valence-electron chi connectivity index (χ1n) is 7.94. The van der Waals surface area contributed by atoms with E-state index in [1.807, 2.05) is 6.92 Å². The highest BCUT2D eigenvalue weighted by atomic mass is 16.5. The predicted molar refractivity (Wildman–Crippen MR) is 86.6 cm³/mol. The summed E-state index contributed by atoms with van der Waals surface area (Å²) in [5.41, 5.74) is 1.36. The molecule has 124 valence electrons. The summed E-state index contributed by atoms with van der Waals surface area (Å²) in [6.45, 7) is 3.65. The van der Waals surface area contributed by atoms with Gasteiger partial charge in [0.1, 0.15) is 11.9 Å². The number of aryl methyl sites for hydroxylation is 1. The molecule has 0 atom stereocenters. The summed E-state index contributed by atoms with van der Waals surface area (Å²) in [6.07, 6.45) is 6.33. The molecule has 0 aliphatic carbocycles. The zero-order valence-electron chi connectivity index (χ0n) is 13.4. The molecule has 0 unspecified atom stereocenters. The van der Waals surface area contributed by atoms with Crippen molar-refractivity contribution in [3.05, 3.63) is 29.2 Å². The van der Waals surface area contributed by atoms with Gasteiger partial charge in [0.2, 0.25) is 0 Å². The molecule has 0 aromatic carbocycles. The van der Waals surface area contributed by atoms with Gasteiger partial charge in [0.25, 0.3) is 11.7 Å². The maximum Gasteiger partial charge on any atom is 0.329 e. The maximum atomic E-state index is 12.6. The second-order valence-corrected chi connectivity index (χ2v) is 5.77. The second-order valence-electron chi connectivity index (χ2n) is 5.77. The van der Waals surface area contributed by atoms with Crippen LogP contribution in [-0.2, 0) is 0 Å². The van der Waals surface area contributed by atoms with Crippen molar-refractivity contribution in [3.8, 4) is 6.07 Å². The standard InChI is InChI=1S/C16H18N6O2/c1-11-8-12(15(23)20-16-19-13(9-17)21-24-16)14(18-10-11)22-6-4-2-3-5-7-22/h8,10H,2-7H2,1H3,(H,19,20,21,23). The van der Waals surface area contributed by atoms with Crippen LogP contribution in [0.2, 0.25) is 0 Å². The molecule has 3 rings (SSSR count). The first kappa shape index (κ1) is 15.9. The van der Waals surface area contributed by atoms with E-state index < -0.39 is 0 Å². The van der Waals surface area contributed by atoms with Crippen molar-refractivity contribution in [2.45, 2.75) is 32.6 Å². The highest BCUT2D eigenvalue weighted by Crippen LogP contribution is 2.23. The van der Waals surface area contributed by atoms with Crippen LogP contribution in [-0.4, -0.2) is 34.1 Å². The normalized spacial score (nSPS) is 14.8. The van der Waals surface area contributed by atoms with Gasteiger partial charge in [-0.1, -0.05) is 12.8 Å². The number of carbonyl (C=O) groups is 1. The number of anilines is 2. The Labute approximate surface area is 139 Å². The van der Waals surface area contributed by atoms with Crippen LogP contribution in [0.5, 0.6) is 0 Å². The second kappa shape index (κ2) is 7.08. The molecule has 1 saturated heterocycles. The lowest BCUT2D eigenvalue weighted by Crippen LogP contribution is -2.28. The Hall–Kier alpha value is -2.95. The van der Waals surface area contributed by atoms with Crippen molar-refractivity contribution >= 4 is 17.7 Å². The lowest BCUT2D eigenvalue weighted by atomic mass is 10.1. The van der Waals surface area contributed by atoms with Crippen LogP contribution in [0, 0.1) is 18.3 Å². The molecule has 8 nitrogen and oxygen atoms in total. The molecule has 1 N–H and O–H groups in total. The van der Waals surface area contributed by atoms with Crippen molar-refractivity contribution in [3.63, 3.8) is 0 Å². The lowest BCUT2D eigenvalue weighted by Gasteiger charge is -2.23. The van der Waals surface area contributed by atoms with E-state index in [9.17, 15) is 4.79 Å². The fourth-order valence-corrected chi connectivity index (χ4v) is 2.75. The van der Waals surface area contributed by atoms with Crippen molar-refractivity contribution in [2.75, 3.05) is 23.3 Å². The number of carbonyl (C=O) groups excluding carboxylic acids is 1. The van der Waals surface area contributed by atoms with Crippen LogP contribution in [0.1, 0.15) is 47.4 Å². The summed E-state index contributed by atoms with van der Waals surface area (Å²) in [4.78, 5) is 23.0. The lowest BCUT2D eigenvalue weighted by molar-refractivity contribution is 0.102. The van der Waals surface area contributed by atoms with E-state index in [1.54, 1.807) is 18.3 Å². The molecule has 0 spiro atoms. The van der Waals surface area contributed by atoms with E-state index in [0.717, 1.165) is 31.5 Å². The Morgan fingerprint density at radius 3 is 2.75 bits per heavy atom. The number of hydrogen-bond acceptors (Lipinski definition) is 7. The zero-order chi connectivity index (χ0) is 16.9. The van der Waals surface area contributed by atoms with Crippen LogP contribution in [0.4, 0.5) is 11.8 Å². The fourth-order valence-electron chi connectivity index (χ4n) is 2.75. The number of nitrogens with zero attached hydrogens (tertiary/aromatic N) is 5. The number of nitriles is 1. The van der Waals surface area contributed by atoms with Crippen molar-refractivity contribution < 1.29 is 9.32 Å². The van der Waals surface area contributed by atoms with E-state index in [1.165, 1.54) is 12.8 Å². The molecular formula is C16H18N6O2. The number of hydrogen-bond donors (Lipinski definition) is 1. The van der Waals surface area contributed by atoms with Crippen molar-refractivity contribution in [1.29, 1.82) is 5.26 Å². The minimum Gasteiger partial charge on any atom is -0.356 e. The van der Waals surface area contributed by atoms with Crippen LogP contribution in [0.15, 0.2) is 16.8 Å². The summed E-state index contributed by atoms with van der Waals surface area (Å²) in [7, 11) is 0. The first-order valence-corrected chi connectivity index (χ1v) is 7.94. The Bertz CT molecular complexity index is 771. The van der Waals surface area contributed by atoms with Gasteiger partial charge in [0.05, 0.1) is 5.56 Å². The highest BCUT2D eigenvalue weighted by molar-refractivity contribution is 6.06. The average molecular weight is 326 g/mol. The van der Waals surface area contributed by atoms with Crippen molar-refractivity contribution in [2.24, 2.45) is 0 Å². The first-order chi connectivity index (χ1) is 11.7. The largest absolute Gasteiger partial charge is 0.356 e. The molecule has 3 heterocycles. The monoisotopic (exact) mass is 326 g/mol. The smallest absolute Gasteiger partial charge is 0.329 e. The molecule has 0 bridgehead atoms. The third-order valence-electron chi connectivity index (χ3n) is 3.90. The number of rotatable bonds is 3. The molecule has 1 fully saturated rings. The summed E-state index contributed by atoms with van der Waals surface area (Å²) >= 11 is 0. The highest BCUT2D eigenvalue weighted by Gasteiger charge is 2.21. The molecule has 8 heteroatoms. The summed E-state index contributed by atoms with van der Waals surface area (Å²) in [5.74, 6) is 0.166. The van der Waals surface area contributed by atoms with Crippen LogP contribution >= 0.6 is 0 Å². The van der Waals surface area contributed by atoms with Gasteiger partial charge in [-0.2, -0.15) is 10.2 Å². The quantitative estimate of drug-likeness (QED) is 0.921. The molecule has 2 aromatic rings. The van der Waals surface area contributed by atoms with Crippen LogP contribution < -0.4 is 10.2 Å². The van der Waals surface area contributed by atoms with Gasteiger partial charge in [0, 0.05) is 19.3 Å². The van der Waals surface area contributed by atoms with E-state index in [-0.39, 0.29) is 17.7 Å². The molecule has 0 radical (unpaired) electrons. The summed E-state index contributed by atoms with van der Waals surface area (Å²) in [5, 5.41) is 14.7. The SMILES string of the molecule is Cc1cnc(N2CCCCCC2)c(C(=O)Nc2nc(C#N)no2)c1. The Balaban J connectivity index is 1.86. The molecule has 1 aliphatic heterocycles. The van der Waals surface area contributed by atoms with Crippen LogP contribution in [0.3, 0.4) is 0 Å². The van der Waals surface area contributed by atoms with E-state index in [4.69, 9.17) is 9.78 Å². The molecular weight excluding hydrogens is 308 g/mol. The van der Waals surface area contributed by atoms with E-state index in [2.05, 4.69) is 25.3 Å². The molecule has 24 heavy (non-hydrogen) atoms. The van der Waals surface area contributed by atoms with Crippen LogP contribution in [0.25, 0.3) is 0 Å². The average Bonchev–Trinajstić information content (AvgIpc) is 2.86. The third kappa shape index (κ3) is 3.51. The minimum atomic E-state index is -0.376. The Morgan fingerprint density at radius 1 is 1.33 bits per heavy atom. The molecule has 1 aliphatic rings. The third-order valence-corrected chi connectivity index (χ3v) is 3.90. The van der Waals surface area contributed by atoms with Gasteiger partial charge in [-0.15, -0.1) is 0 Å². The minimum absolute atomic E-state index is 0.0973. The van der Waals surface area contributed by atoms with Gasteiger partial charge in [-0.25, -0.2) is 4.98 Å². The zero-order valence-corrected chi connectivity index (χ0v) is 13.4. The van der Waals surface area contributed by atoms with Gasteiger partial charge in [-0.05, 0) is 36.6 Å². The number of nitrogens with one attached hydrogen (secondary N) is 1. The molecule has 1 amide bonds. The Morgan fingerprint density at radius 2 is 2.08 bits per heavy atom. The van der Waals surface area contributed by atoms with Crippen molar-refractivity contribution in [1.82, 2.24) is 15.1 Å². The number of amides is 1. The van der Waals surface area contributed by atoms with Gasteiger partial charge in [-0.3, -0.25) is 10.1 Å². The molecule has 2 aromatic heterocycles. The maximum absolute atomic E-state index is 12.6. The van der Waals surface area contributed by atoms with E-state index in [0.29, 0.717) is 11.4 Å². The summed E-state index contributed by atoms with van der Waals surface area (Å²) < 4.78 is 4.83. The number of pyridine rings is 1. The van der Waals surface area contributed by atoms with Gasteiger partial charge in [0.15, 0.2) is 0 Å². The fraction of sp³-hybridized carbons (Fsp3) is 0.438. The van der Waals surface area contributed by atoms with Gasteiger partial charge < -0.3 is 9.42 Å².